The normalized spacial score (nSPS) is 32.0. The topological polar surface area (TPSA) is 66.4 Å². The maximum atomic E-state index is 10.5. The van der Waals surface area contributed by atoms with Gasteiger partial charge in [-0.25, -0.2) is 0 Å². The van der Waals surface area contributed by atoms with Crippen molar-refractivity contribution in [1.29, 1.82) is 0 Å². The van der Waals surface area contributed by atoms with Crippen LogP contribution in [0.25, 0.3) is 0 Å². The maximum absolute atomic E-state index is 10.5. The van der Waals surface area contributed by atoms with E-state index in [2.05, 4.69) is 6.92 Å². The molecule has 1 aromatic rings. The SMILES string of the molecule is CCCCOC1C(OCc2ccc(OC)cc2)C2OCC(O2)[C@H]1O. The van der Waals surface area contributed by atoms with Crippen LogP contribution in [0.1, 0.15) is 25.3 Å². The van der Waals surface area contributed by atoms with Gasteiger partial charge < -0.3 is 28.8 Å². The van der Waals surface area contributed by atoms with E-state index in [0.717, 1.165) is 24.2 Å². The first-order chi connectivity index (χ1) is 11.7. The lowest BCUT2D eigenvalue weighted by atomic mass is 10.0. The molecular formula is C18H26O6. The van der Waals surface area contributed by atoms with Crippen molar-refractivity contribution in [3.8, 4) is 5.75 Å². The van der Waals surface area contributed by atoms with Gasteiger partial charge in [0, 0.05) is 6.61 Å². The second-order valence-electron chi connectivity index (χ2n) is 6.18. The molecule has 0 aromatic heterocycles. The summed E-state index contributed by atoms with van der Waals surface area (Å²) in [7, 11) is 1.64. The summed E-state index contributed by atoms with van der Waals surface area (Å²) in [6.45, 7) is 3.47. The Morgan fingerprint density at radius 3 is 2.67 bits per heavy atom. The Morgan fingerprint density at radius 1 is 1.17 bits per heavy atom. The van der Waals surface area contributed by atoms with E-state index >= 15 is 0 Å². The van der Waals surface area contributed by atoms with Gasteiger partial charge in [0.05, 0.1) is 20.3 Å². The summed E-state index contributed by atoms with van der Waals surface area (Å²) in [4.78, 5) is 0. The lowest BCUT2D eigenvalue weighted by molar-refractivity contribution is -0.256. The number of aliphatic hydroxyl groups excluding tert-OH is 1. The summed E-state index contributed by atoms with van der Waals surface area (Å²) < 4.78 is 28.4. The molecule has 134 valence electrons. The van der Waals surface area contributed by atoms with Crippen molar-refractivity contribution in [2.75, 3.05) is 20.3 Å². The number of rotatable bonds is 8. The lowest BCUT2D eigenvalue weighted by Crippen LogP contribution is -2.56. The lowest BCUT2D eigenvalue weighted by Gasteiger charge is -2.38. The van der Waals surface area contributed by atoms with E-state index < -0.39 is 24.6 Å². The molecule has 2 aliphatic rings. The molecular weight excluding hydrogens is 312 g/mol. The van der Waals surface area contributed by atoms with Crippen molar-refractivity contribution in [3.05, 3.63) is 29.8 Å². The first-order valence-corrected chi connectivity index (χ1v) is 8.54. The molecule has 6 nitrogen and oxygen atoms in total. The van der Waals surface area contributed by atoms with Crippen LogP contribution in [0.15, 0.2) is 24.3 Å². The van der Waals surface area contributed by atoms with Crippen molar-refractivity contribution >= 4 is 0 Å². The van der Waals surface area contributed by atoms with Crippen molar-refractivity contribution in [3.63, 3.8) is 0 Å². The van der Waals surface area contributed by atoms with Gasteiger partial charge in [-0.05, 0) is 24.1 Å². The Kier molecular flexibility index (Phi) is 6.08. The third-order valence-corrected chi connectivity index (χ3v) is 4.45. The van der Waals surface area contributed by atoms with Gasteiger partial charge in [-0.2, -0.15) is 0 Å². The molecule has 4 unspecified atom stereocenters. The highest BCUT2D eigenvalue weighted by Crippen LogP contribution is 2.32. The van der Waals surface area contributed by atoms with E-state index in [-0.39, 0.29) is 6.10 Å². The van der Waals surface area contributed by atoms with E-state index in [9.17, 15) is 5.11 Å². The molecule has 2 aliphatic heterocycles. The fraction of sp³-hybridized carbons (Fsp3) is 0.667. The van der Waals surface area contributed by atoms with E-state index in [1.165, 1.54) is 0 Å². The number of hydrogen-bond acceptors (Lipinski definition) is 6. The van der Waals surface area contributed by atoms with Gasteiger partial charge in [0.1, 0.15) is 30.2 Å². The third kappa shape index (κ3) is 3.90. The van der Waals surface area contributed by atoms with Gasteiger partial charge in [0.15, 0.2) is 6.29 Å². The zero-order chi connectivity index (χ0) is 16.9. The molecule has 0 spiro atoms. The first-order valence-electron chi connectivity index (χ1n) is 8.54. The number of hydrogen-bond donors (Lipinski definition) is 1. The van der Waals surface area contributed by atoms with Crippen molar-refractivity contribution in [1.82, 2.24) is 0 Å². The fourth-order valence-corrected chi connectivity index (χ4v) is 3.00. The maximum Gasteiger partial charge on any atom is 0.187 e. The van der Waals surface area contributed by atoms with Crippen LogP contribution in [0, 0.1) is 0 Å². The van der Waals surface area contributed by atoms with Crippen LogP contribution < -0.4 is 4.74 Å². The summed E-state index contributed by atoms with van der Waals surface area (Å²) in [5, 5.41) is 10.5. The molecule has 2 fully saturated rings. The largest absolute Gasteiger partial charge is 0.497 e. The molecule has 0 radical (unpaired) electrons. The van der Waals surface area contributed by atoms with E-state index in [4.69, 9.17) is 23.7 Å². The Bertz CT molecular complexity index is 505. The quantitative estimate of drug-likeness (QED) is 0.730. The summed E-state index contributed by atoms with van der Waals surface area (Å²) in [5.41, 5.74) is 1.01. The number of fused-ring (bicyclic) bond motifs is 2. The molecule has 5 atom stereocenters. The van der Waals surface area contributed by atoms with Crippen molar-refractivity contribution in [2.24, 2.45) is 0 Å². The van der Waals surface area contributed by atoms with Gasteiger partial charge in [-0.15, -0.1) is 0 Å². The minimum absolute atomic E-state index is 0.331. The van der Waals surface area contributed by atoms with E-state index in [1.54, 1.807) is 7.11 Å². The standard InChI is InChI=1S/C18H26O6/c1-3-4-9-21-16-15(19)14-11-23-18(24-14)17(16)22-10-12-5-7-13(20-2)8-6-12/h5-8,14-19H,3-4,9-11H2,1-2H3/t14?,15-,16?,17?,18?/m1/s1. The molecule has 24 heavy (non-hydrogen) atoms. The summed E-state index contributed by atoms with van der Waals surface area (Å²) in [6, 6.07) is 7.68. The smallest absolute Gasteiger partial charge is 0.187 e. The molecule has 3 rings (SSSR count). The van der Waals surface area contributed by atoms with Gasteiger partial charge in [-0.1, -0.05) is 25.5 Å². The predicted octanol–water partition coefficient (Wildman–Crippen LogP) is 1.88. The Balaban J connectivity index is 1.63. The molecule has 0 saturated carbocycles. The van der Waals surface area contributed by atoms with Crippen LogP contribution in [0.5, 0.6) is 5.75 Å². The molecule has 2 saturated heterocycles. The highest BCUT2D eigenvalue weighted by Gasteiger charge is 2.51. The average molecular weight is 338 g/mol. The summed E-state index contributed by atoms with van der Waals surface area (Å²) >= 11 is 0. The molecule has 6 heteroatoms. The number of unbranched alkanes of at least 4 members (excludes halogenated alkanes) is 1. The van der Waals surface area contributed by atoms with Crippen LogP contribution in [0.3, 0.4) is 0 Å². The minimum Gasteiger partial charge on any atom is -0.497 e. The second-order valence-corrected chi connectivity index (χ2v) is 6.18. The van der Waals surface area contributed by atoms with Crippen LogP contribution >= 0.6 is 0 Å². The fourth-order valence-electron chi connectivity index (χ4n) is 3.00. The van der Waals surface area contributed by atoms with Crippen LogP contribution in [0.4, 0.5) is 0 Å². The molecule has 1 aromatic carbocycles. The number of benzene rings is 1. The monoisotopic (exact) mass is 338 g/mol. The predicted molar refractivity (Wildman–Crippen MR) is 86.8 cm³/mol. The zero-order valence-corrected chi connectivity index (χ0v) is 14.2. The molecule has 0 amide bonds. The second kappa shape index (κ2) is 8.27. The van der Waals surface area contributed by atoms with Crippen molar-refractivity contribution in [2.45, 2.75) is 57.1 Å². The Morgan fingerprint density at radius 2 is 1.96 bits per heavy atom. The average Bonchev–Trinajstić information content (AvgIpc) is 3.06. The minimum atomic E-state index is -0.735. The van der Waals surface area contributed by atoms with E-state index in [1.807, 2.05) is 24.3 Å². The summed E-state index contributed by atoms with van der Waals surface area (Å²) in [5.74, 6) is 0.804. The Hall–Kier alpha value is -1.18. The van der Waals surface area contributed by atoms with E-state index in [0.29, 0.717) is 19.8 Å². The van der Waals surface area contributed by atoms with Gasteiger partial charge >= 0.3 is 0 Å². The van der Waals surface area contributed by atoms with Gasteiger partial charge in [0.25, 0.3) is 0 Å². The third-order valence-electron chi connectivity index (χ3n) is 4.45. The summed E-state index contributed by atoms with van der Waals surface area (Å²) in [6.07, 6.45) is -0.433. The molecule has 0 aliphatic carbocycles. The van der Waals surface area contributed by atoms with Gasteiger partial charge in [0.2, 0.25) is 0 Å². The zero-order valence-electron chi connectivity index (χ0n) is 14.2. The molecule has 1 N–H and O–H groups in total. The van der Waals surface area contributed by atoms with Crippen LogP contribution in [0.2, 0.25) is 0 Å². The highest BCUT2D eigenvalue weighted by atomic mass is 16.8. The van der Waals surface area contributed by atoms with Gasteiger partial charge in [-0.3, -0.25) is 0 Å². The molecule has 2 bridgehead atoms. The number of methoxy groups -OCH3 is 1. The Labute approximate surface area is 142 Å². The number of aliphatic hydroxyl groups is 1. The highest BCUT2D eigenvalue weighted by molar-refractivity contribution is 5.26. The van der Waals surface area contributed by atoms with Crippen LogP contribution in [-0.4, -0.2) is 56.1 Å². The molecule has 2 heterocycles. The number of ether oxygens (including phenoxy) is 5. The first kappa shape index (κ1) is 17.6. The van der Waals surface area contributed by atoms with Crippen molar-refractivity contribution < 1.29 is 28.8 Å². The van der Waals surface area contributed by atoms with Crippen LogP contribution in [-0.2, 0) is 25.6 Å².